The van der Waals surface area contributed by atoms with Gasteiger partial charge in [0, 0.05) is 44.0 Å². The van der Waals surface area contributed by atoms with E-state index < -0.39 is 0 Å². The lowest BCUT2D eigenvalue weighted by Gasteiger charge is -2.06. The molecule has 98 valence electrons. The van der Waals surface area contributed by atoms with E-state index in [1.54, 1.807) is 18.3 Å². The van der Waals surface area contributed by atoms with Crippen LogP contribution in [-0.2, 0) is 20.0 Å². The third kappa shape index (κ3) is 3.39. The first-order valence-electron chi connectivity index (χ1n) is 6.07. The smallest absolute Gasteiger partial charge is 0.129 e. The SMILES string of the molecule is Cn1nccc1CCNCc1ccc(C#N)cc1F. The predicted molar refractivity (Wildman–Crippen MR) is 69.7 cm³/mol. The molecule has 4 nitrogen and oxygen atoms in total. The van der Waals surface area contributed by atoms with E-state index in [4.69, 9.17) is 5.26 Å². The molecular weight excluding hydrogens is 243 g/mol. The number of benzene rings is 1. The number of halogens is 1. The molecule has 0 spiro atoms. The average molecular weight is 258 g/mol. The van der Waals surface area contributed by atoms with Gasteiger partial charge in [-0.05, 0) is 18.2 Å². The molecule has 19 heavy (non-hydrogen) atoms. The highest BCUT2D eigenvalue weighted by Crippen LogP contribution is 2.09. The lowest BCUT2D eigenvalue weighted by atomic mass is 10.1. The maximum Gasteiger partial charge on any atom is 0.129 e. The van der Waals surface area contributed by atoms with Gasteiger partial charge < -0.3 is 5.32 Å². The highest BCUT2D eigenvalue weighted by Gasteiger charge is 2.03. The van der Waals surface area contributed by atoms with Gasteiger partial charge in [0.25, 0.3) is 0 Å². The molecule has 0 saturated heterocycles. The zero-order chi connectivity index (χ0) is 13.7. The minimum atomic E-state index is -0.341. The largest absolute Gasteiger partial charge is 0.312 e. The van der Waals surface area contributed by atoms with E-state index in [1.165, 1.54) is 6.07 Å². The van der Waals surface area contributed by atoms with Crippen LogP contribution >= 0.6 is 0 Å². The Labute approximate surface area is 111 Å². The van der Waals surface area contributed by atoms with Crippen LogP contribution in [0.5, 0.6) is 0 Å². The molecule has 1 aromatic heterocycles. The van der Waals surface area contributed by atoms with Crippen LogP contribution < -0.4 is 5.32 Å². The summed E-state index contributed by atoms with van der Waals surface area (Å²) < 4.78 is 15.4. The van der Waals surface area contributed by atoms with Crippen LogP contribution in [0.1, 0.15) is 16.8 Å². The van der Waals surface area contributed by atoms with Crippen LogP contribution in [0.25, 0.3) is 0 Å². The summed E-state index contributed by atoms with van der Waals surface area (Å²) in [7, 11) is 1.90. The van der Waals surface area contributed by atoms with E-state index in [0.717, 1.165) is 18.7 Å². The topological polar surface area (TPSA) is 53.6 Å². The second-order valence-electron chi connectivity index (χ2n) is 4.29. The molecule has 5 heteroatoms. The van der Waals surface area contributed by atoms with Gasteiger partial charge >= 0.3 is 0 Å². The van der Waals surface area contributed by atoms with Gasteiger partial charge in [0.15, 0.2) is 0 Å². The maximum atomic E-state index is 13.6. The Morgan fingerprint density at radius 3 is 2.89 bits per heavy atom. The number of nitriles is 1. The van der Waals surface area contributed by atoms with E-state index in [0.29, 0.717) is 17.7 Å². The standard InChI is InChI=1S/C14H15FN4/c1-19-13(5-7-18-19)4-6-17-10-12-3-2-11(9-16)8-14(12)15/h2-3,5,7-8,17H,4,6,10H2,1H3. The van der Waals surface area contributed by atoms with Crippen LogP contribution in [0.3, 0.4) is 0 Å². The van der Waals surface area contributed by atoms with Gasteiger partial charge in [-0.25, -0.2) is 4.39 Å². The summed E-state index contributed by atoms with van der Waals surface area (Å²) in [5, 5.41) is 15.9. The first-order valence-corrected chi connectivity index (χ1v) is 6.07. The summed E-state index contributed by atoms with van der Waals surface area (Å²) in [5.74, 6) is -0.341. The van der Waals surface area contributed by atoms with Gasteiger partial charge in [0.05, 0.1) is 11.6 Å². The lowest BCUT2D eigenvalue weighted by Crippen LogP contribution is -2.18. The summed E-state index contributed by atoms with van der Waals surface area (Å²) in [5.41, 5.74) is 2.05. The number of rotatable bonds is 5. The van der Waals surface area contributed by atoms with Crippen LogP contribution in [0.4, 0.5) is 4.39 Å². The quantitative estimate of drug-likeness (QED) is 0.831. The van der Waals surface area contributed by atoms with Crippen LogP contribution in [-0.4, -0.2) is 16.3 Å². The summed E-state index contributed by atoms with van der Waals surface area (Å²) >= 11 is 0. The van der Waals surface area contributed by atoms with E-state index in [2.05, 4.69) is 10.4 Å². The molecule has 0 aliphatic heterocycles. The fraction of sp³-hybridized carbons (Fsp3) is 0.286. The van der Waals surface area contributed by atoms with Crippen LogP contribution in [0, 0.1) is 17.1 Å². The number of aromatic nitrogens is 2. The van der Waals surface area contributed by atoms with Gasteiger partial charge in [-0.2, -0.15) is 10.4 Å². The third-order valence-corrected chi connectivity index (χ3v) is 2.98. The number of aryl methyl sites for hydroxylation is 1. The van der Waals surface area contributed by atoms with Gasteiger partial charge in [-0.1, -0.05) is 6.07 Å². The minimum absolute atomic E-state index is 0.341. The fourth-order valence-electron chi connectivity index (χ4n) is 1.85. The Balaban J connectivity index is 1.83. The van der Waals surface area contributed by atoms with Crippen molar-refractivity contribution in [2.24, 2.45) is 7.05 Å². The fourth-order valence-corrected chi connectivity index (χ4v) is 1.85. The normalized spacial score (nSPS) is 10.4. The van der Waals surface area contributed by atoms with Crippen molar-refractivity contribution in [2.45, 2.75) is 13.0 Å². The van der Waals surface area contributed by atoms with Crippen molar-refractivity contribution in [3.8, 4) is 6.07 Å². The molecule has 0 aliphatic rings. The van der Waals surface area contributed by atoms with E-state index in [1.807, 2.05) is 23.9 Å². The van der Waals surface area contributed by atoms with Crippen molar-refractivity contribution in [1.82, 2.24) is 15.1 Å². The maximum absolute atomic E-state index is 13.6. The zero-order valence-electron chi connectivity index (χ0n) is 10.7. The van der Waals surface area contributed by atoms with Crippen molar-refractivity contribution < 1.29 is 4.39 Å². The van der Waals surface area contributed by atoms with E-state index >= 15 is 0 Å². The van der Waals surface area contributed by atoms with Crippen molar-refractivity contribution in [3.63, 3.8) is 0 Å². The van der Waals surface area contributed by atoms with Gasteiger partial charge in [0.2, 0.25) is 0 Å². The second kappa shape index (κ2) is 6.12. The van der Waals surface area contributed by atoms with E-state index in [-0.39, 0.29) is 5.82 Å². The van der Waals surface area contributed by atoms with Crippen molar-refractivity contribution in [2.75, 3.05) is 6.54 Å². The zero-order valence-corrected chi connectivity index (χ0v) is 10.7. The molecule has 0 saturated carbocycles. The number of hydrogen-bond donors (Lipinski definition) is 1. The molecule has 1 aromatic carbocycles. The number of nitrogens with zero attached hydrogens (tertiary/aromatic N) is 3. The Morgan fingerprint density at radius 1 is 1.42 bits per heavy atom. The number of nitrogens with one attached hydrogen (secondary N) is 1. The second-order valence-corrected chi connectivity index (χ2v) is 4.29. The Kier molecular flexibility index (Phi) is 4.26. The Hall–Kier alpha value is -2.19. The van der Waals surface area contributed by atoms with Crippen molar-refractivity contribution in [1.29, 1.82) is 5.26 Å². The molecular formula is C14H15FN4. The molecule has 0 atom stereocenters. The molecule has 0 aliphatic carbocycles. The molecule has 2 aromatic rings. The molecule has 1 N–H and O–H groups in total. The van der Waals surface area contributed by atoms with Gasteiger partial charge in [0.1, 0.15) is 5.82 Å². The Bertz CT molecular complexity index is 598. The van der Waals surface area contributed by atoms with Crippen molar-refractivity contribution >= 4 is 0 Å². The molecule has 0 radical (unpaired) electrons. The highest BCUT2D eigenvalue weighted by molar-refractivity contribution is 5.32. The molecule has 0 unspecified atom stereocenters. The van der Waals surface area contributed by atoms with Gasteiger partial charge in [-0.15, -0.1) is 0 Å². The van der Waals surface area contributed by atoms with E-state index in [9.17, 15) is 4.39 Å². The summed E-state index contributed by atoms with van der Waals surface area (Å²) in [6.07, 6.45) is 2.60. The number of hydrogen-bond acceptors (Lipinski definition) is 3. The molecule has 2 rings (SSSR count). The Morgan fingerprint density at radius 2 is 2.26 bits per heavy atom. The summed E-state index contributed by atoms with van der Waals surface area (Å²) in [6, 6.07) is 8.41. The van der Waals surface area contributed by atoms with Crippen LogP contribution in [0.2, 0.25) is 0 Å². The predicted octanol–water partition coefficient (Wildman–Crippen LogP) is 1.76. The molecule has 1 heterocycles. The molecule has 0 amide bonds. The highest BCUT2D eigenvalue weighted by atomic mass is 19.1. The monoisotopic (exact) mass is 258 g/mol. The average Bonchev–Trinajstić information content (AvgIpc) is 2.81. The molecule has 0 bridgehead atoms. The minimum Gasteiger partial charge on any atom is -0.312 e. The first-order chi connectivity index (χ1) is 9.20. The summed E-state index contributed by atoms with van der Waals surface area (Å²) in [4.78, 5) is 0. The first kappa shape index (κ1) is 13.2. The third-order valence-electron chi connectivity index (χ3n) is 2.98. The van der Waals surface area contributed by atoms with Crippen molar-refractivity contribution in [3.05, 3.63) is 53.1 Å². The molecule has 0 fully saturated rings. The van der Waals surface area contributed by atoms with Crippen LogP contribution in [0.15, 0.2) is 30.5 Å². The summed E-state index contributed by atoms with van der Waals surface area (Å²) in [6.45, 7) is 1.20. The van der Waals surface area contributed by atoms with Gasteiger partial charge in [-0.3, -0.25) is 4.68 Å². The lowest BCUT2D eigenvalue weighted by molar-refractivity contribution is 0.583.